The van der Waals surface area contributed by atoms with Crippen molar-refractivity contribution in [2.45, 2.75) is 69.0 Å². The largest absolute Gasteiger partial charge is 0.486 e. The van der Waals surface area contributed by atoms with E-state index in [2.05, 4.69) is 5.32 Å². The van der Waals surface area contributed by atoms with Gasteiger partial charge in [-0.05, 0) is 56.7 Å². The Morgan fingerprint density at radius 3 is 2.34 bits per heavy atom. The number of nitrogens with one attached hydrogen (secondary N) is 1. The summed E-state index contributed by atoms with van der Waals surface area (Å²) in [6.45, 7) is 3.73. The molecule has 41 heavy (non-hydrogen) atoms. The Labute approximate surface area is 232 Å². The van der Waals surface area contributed by atoms with Crippen LogP contribution in [-0.2, 0) is 36.9 Å². The van der Waals surface area contributed by atoms with Crippen LogP contribution in [-0.4, -0.2) is 51.3 Å². The lowest BCUT2D eigenvalue weighted by molar-refractivity contribution is -0.154. The molecule has 0 aromatic heterocycles. The van der Waals surface area contributed by atoms with Gasteiger partial charge in [0.25, 0.3) is 10.0 Å². The molecule has 2 aromatic rings. The van der Waals surface area contributed by atoms with Gasteiger partial charge in [-0.25, -0.2) is 8.42 Å². The van der Waals surface area contributed by atoms with E-state index in [0.717, 1.165) is 16.4 Å². The number of sulfonamides is 1. The van der Waals surface area contributed by atoms with Crippen LogP contribution in [0.1, 0.15) is 44.7 Å². The molecule has 1 amide bonds. The summed E-state index contributed by atoms with van der Waals surface area (Å²) in [6.07, 6.45) is -12.6. The van der Waals surface area contributed by atoms with Crippen LogP contribution in [0.15, 0.2) is 47.4 Å². The molecule has 226 valence electrons. The van der Waals surface area contributed by atoms with E-state index < -0.39 is 82.3 Å². The van der Waals surface area contributed by atoms with Crippen molar-refractivity contribution in [3.63, 3.8) is 0 Å². The van der Waals surface area contributed by atoms with Crippen molar-refractivity contribution in [2.75, 3.05) is 17.4 Å². The second-order valence-corrected chi connectivity index (χ2v) is 12.1. The van der Waals surface area contributed by atoms with Crippen molar-refractivity contribution < 1.29 is 53.8 Å². The highest BCUT2D eigenvalue weighted by Gasteiger charge is 2.38. The Balaban J connectivity index is 1.95. The summed E-state index contributed by atoms with van der Waals surface area (Å²) in [5.74, 6) is -1.52. The number of benzene rings is 2. The van der Waals surface area contributed by atoms with E-state index >= 15 is 0 Å². The van der Waals surface area contributed by atoms with Gasteiger partial charge >= 0.3 is 18.3 Å². The Morgan fingerprint density at radius 1 is 1.05 bits per heavy atom. The molecule has 8 nitrogen and oxygen atoms in total. The standard InChI is InChI=1S/C26H28F6N2O6S/c1-24(2,3)40-23(36)12-16-7-8-21-20(11-16)34(15-18(39-21)14-22(35)33-10-9-25(27,28)29)41(37,38)19-6-4-5-17(13-19)26(30,31)32/h4-8,11,13,18H,9-10,12,14-15H2,1-3H3,(H,33,35)/t18-/m0/s1. The van der Waals surface area contributed by atoms with Crippen LogP contribution in [0.4, 0.5) is 32.0 Å². The molecule has 1 aliphatic heterocycles. The monoisotopic (exact) mass is 610 g/mol. The Morgan fingerprint density at radius 2 is 1.73 bits per heavy atom. The number of ether oxygens (including phenoxy) is 2. The van der Waals surface area contributed by atoms with Crippen LogP contribution in [0.3, 0.4) is 0 Å². The first kappa shape index (κ1) is 32.0. The lowest BCUT2D eigenvalue weighted by Gasteiger charge is -2.35. The zero-order valence-corrected chi connectivity index (χ0v) is 23.0. The predicted molar refractivity (Wildman–Crippen MR) is 135 cm³/mol. The first-order valence-corrected chi connectivity index (χ1v) is 13.7. The number of carbonyl (C=O) groups excluding carboxylic acids is 2. The lowest BCUT2D eigenvalue weighted by Crippen LogP contribution is -2.45. The van der Waals surface area contributed by atoms with E-state index in [9.17, 15) is 44.3 Å². The van der Waals surface area contributed by atoms with Crippen molar-refractivity contribution in [1.82, 2.24) is 5.32 Å². The molecule has 15 heteroatoms. The number of fused-ring (bicyclic) bond motifs is 1. The van der Waals surface area contributed by atoms with E-state index in [1.165, 1.54) is 18.2 Å². The molecule has 0 fully saturated rings. The smallest absolute Gasteiger partial charge is 0.416 e. The van der Waals surface area contributed by atoms with Crippen LogP contribution in [0.2, 0.25) is 0 Å². The fraction of sp³-hybridized carbons (Fsp3) is 0.462. The summed E-state index contributed by atoms with van der Waals surface area (Å²) in [7, 11) is -4.68. The number of amides is 1. The SMILES string of the molecule is CC(C)(C)OC(=O)Cc1ccc2c(c1)N(S(=O)(=O)c1cccc(C(F)(F)F)c1)C[C@H](CC(=O)NCCC(F)(F)F)O2. The molecule has 0 bridgehead atoms. The molecule has 0 spiro atoms. The maximum absolute atomic E-state index is 13.6. The van der Waals surface area contributed by atoms with Gasteiger partial charge in [-0.2, -0.15) is 26.3 Å². The summed E-state index contributed by atoms with van der Waals surface area (Å²) in [5.41, 5.74) is -1.78. The third-order valence-corrected chi connectivity index (χ3v) is 7.39. The van der Waals surface area contributed by atoms with E-state index in [1.807, 2.05) is 0 Å². The highest BCUT2D eigenvalue weighted by atomic mass is 32.2. The topological polar surface area (TPSA) is 102 Å². The number of hydrogen-bond donors (Lipinski definition) is 1. The number of carbonyl (C=O) groups is 2. The van der Waals surface area contributed by atoms with Crippen molar-refractivity contribution in [3.05, 3.63) is 53.6 Å². The molecule has 0 unspecified atom stereocenters. The minimum absolute atomic E-state index is 0.0622. The van der Waals surface area contributed by atoms with Gasteiger partial charge in [0.05, 0.1) is 42.0 Å². The normalized spacial score (nSPS) is 16.0. The van der Waals surface area contributed by atoms with Gasteiger partial charge in [-0.15, -0.1) is 0 Å². The van der Waals surface area contributed by atoms with E-state index in [0.29, 0.717) is 17.7 Å². The lowest BCUT2D eigenvalue weighted by atomic mass is 10.1. The molecule has 0 aliphatic carbocycles. The quantitative estimate of drug-likeness (QED) is 0.334. The van der Waals surface area contributed by atoms with Crippen molar-refractivity contribution in [2.24, 2.45) is 0 Å². The van der Waals surface area contributed by atoms with Gasteiger partial charge in [0, 0.05) is 6.54 Å². The molecule has 3 rings (SSSR count). The first-order valence-electron chi connectivity index (χ1n) is 12.3. The summed E-state index contributed by atoms with van der Waals surface area (Å²) < 4.78 is 116. The second kappa shape index (κ2) is 11.8. The average Bonchev–Trinajstić information content (AvgIpc) is 2.81. The number of esters is 1. The molecule has 0 radical (unpaired) electrons. The summed E-state index contributed by atoms with van der Waals surface area (Å²) in [5, 5.41) is 2.09. The number of hydrogen-bond acceptors (Lipinski definition) is 6. The van der Waals surface area contributed by atoms with Crippen LogP contribution in [0.25, 0.3) is 0 Å². The van der Waals surface area contributed by atoms with Crippen molar-refractivity contribution in [1.29, 1.82) is 0 Å². The fourth-order valence-corrected chi connectivity index (χ4v) is 5.47. The molecule has 0 saturated heterocycles. The van der Waals surface area contributed by atoms with Gasteiger partial charge in [0.15, 0.2) is 0 Å². The molecule has 1 heterocycles. The zero-order chi connectivity index (χ0) is 30.8. The van der Waals surface area contributed by atoms with Gasteiger partial charge in [-0.3, -0.25) is 13.9 Å². The number of rotatable bonds is 8. The van der Waals surface area contributed by atoms with E-state index in [-0.39, 0.29) is 17.9 Å². The van der Waals surface area contributed by atoms with Gasteiger partial charge in [0.1, 0.15) is 17.5 Å². The molecular formula is C26H28F6N2O6S. The van der Waals surface area contributed by atoms with Gasteiger partial charge in [0.2, 0.25) is 5.91 Å². The van der Waals surface area contributed by atoms with Crippen LogP contribution in [0, 0.1) is 0 Å². The number of nitrogens with zero attached hydrogens (tertiary/aromatic N) is 1. The van der Waals surface area contributed by atoms with Crippen LogP contribution >= 0.6 is 0 Å². The number of halogens is 6. The van der Waals surface area contributed by atoms with Crippen molar-refractivity contribution in [3.8, 4) is 5.75 Å². The highest BCUT2D eigenvalue weighted by Crippen LogP contribution is 2.39. The molecule has 0 saturated carbocycles. The van der Waals surface area contributed by atoms with Crippen molar-refractivity contribution >= 4 is 27.6 Å². The van der Waals surface area contributed by atoms with Gasteiger partial charge in [-0.1, -0.05) is 12.1 Å². The minimum atomic E-state index is -4.83. The molecule has 2 aromatic carbocycles. The van der Waals surface area contributed by atoms with Crippen LogP contribution in [0.5, 0.6) is 5.75 Å². The van der Waals surface area contributed by atoms with Gasteiger partial charge < -0.3 is 14.8 Å². The zero-order valence-electron chi connectivity index (χ0n) is 22.2. The third-order valence-electron chi connectivity index (χ3n) is 5.62. The molecule has 1 aliphatic rings. The fourth-order valence-electron chi connectivity index (χ4n) is 3.93. The minimum Gasteiger partial charge on any atom is -0.486 e. The number of alkyl halides is 6. The Hall–Kier alpha value is -3.49. The van der Waals surface area contributed by atoms with E-state index in [4.69, 9.17) is 9.47 Å². The average molecular weight is 611 g/mol. The Kier molecular flexibility index (Phi) is 9.20. The highest BCUT2D eigenvalue weighted by molar-refractivity contribution is 7.92. The predicted octanol–water partition coefficient (Wildman–Crippen LogP) is 5.00. The molecule has 1 atom stereocenters. The summed E-state index contributed by atoms with van der Waals surface area (Å²) >= 11 is 0. The van der Waals surface area contributed by atoms with Crippen LogP contribution < -0.4 is 14.4 Å². The summed E-state index contributed by atoms with van der Waals surface area (Å²) in [6, 6.07) is 7.17. The van der Waals surface area contributed by atoms with E-state index in [1.54, 1.807) is 20.8 Å². The second-order valence-electron chi connectivity index (χ2n) is 10.3. The Bertz CT molecular complexity index is 1390. The number of anilines is 1. The molecular weight excluding hydrogens is 582 g/mol. The maximum Gasteiger partial charge on any atom is 0.416 e. The third kappa shape index (κ3) is 9.00. The summed E-state index contributed by atoms with van der Waals surface area (Å²) in [4.78, 5) is 23.9. The first-order chi connectivity index (χ1) is 18.7. The maximum atomic E-state index is 13.6. The molecule has 1 N–H and O–H groups in total.